The summed E-state index contributed by atoms with van der Waals surface area (Å²) in [5.41, 5.74) is -13.3. The van der Waals surface area contributed by atoms with Crippen LogP contribution in [0.25, 0.3) is 0 Å². The minimum Gasteiger partial charge on any atom is -0.478 e. The summed E-state index contributed by atoms with van der Waals surface area (Å²) < 4.78 is 81.2. The van der Waals surface area contributed by atoms with Gasteiger partial charge in [-0.1, -0.05) is 0 Å². The SMILES string of the molecule is O=C(O)c1cc(C(=O)c2cc(C(=O)O)c(C(=O)O)cc2C(F)(F)F)c(C(F)(F)F)cc1C(=O)O. The van der Waals surface area contributed by atoms with Gasteiger partial charge in [-0.2, -0.15) is 26.3 Å². The lowest BCUT2D eigenvalue weighted by Gasteiger charge is -2.18. The van der Waals surface area contributed by atoms with E-state index in [0.717, 1.165) is 0 Å². The second-order valence-corrected chi connectivity index (χ2v) is 6.43. The van der Waals surface area contributed by atoms with Crippen LogP contribution in [0.3, 0.4) is 0 Å². The minimum absolute atomic E-state index is 0.108. The van der Waals surface area contributed by atoms with Crippen molar-refractivity contribution in [3.05, 3.63) is 68.8 Å². The number of carboxylic acids is 4. The maximum absolute atomic E-state index is 13.5. The molecule has 2 aromatic carbocycles. The minimum atomic E-state index is -5.57. The summed E-state index contributed by atoms with van der Waals surface area (Å²) in [6, 6.07) is -0.753. The van der Waals surface area contributed by atoms with Crippen molar-refractivity contribution in [3.63, 3.8) is 0 Å². The highest BCUT2D eigenvalue weighted by molar-refractivity contribution is 6.15. The standard InChI is InChI=1S/C19H8F6O9/c20-18(21,22)11-3-7(16(31)32)5(14(27)28)1-9(11)13(26)10-2-6(15(29)30)8(17(33)34)4-12(10)19(23,24)25/h1-4H,(H,27,28)(H,29,30)(H,31,32)(H,33,34). The fourth-order valence-electron chi connectivity index (χ4n) is 2.90. The molecule has 2 rings (SSSR count). The van der Waals surface area contributed by atoms with E-state index >= 15 is 0 Å². The molecular formula is C19H8F6O9. The Hall–Kier alpha value is -4.43. The van der Waals surface area contributed by atoms with Gasteiger partial charge in [-0.05, 0) is 24.3 Å². The summed E-state index contributed by atoms with van der Waals surface area (Å²) in [5.74, 6) is -10.8. The molecule has 0 spiro atoms. The normalized spacial score (nSPS) is 11.7. The maximum Gasteiger partial charge on any atom is 0.417 e. The van der Waals surface area contributed by atoms with E-state index < -0.39 is 86.5 Å². The molecule has 0 radical (unpaired) electrons. The zero-order valence-electron chi connectivity index (χ0n) is 15.9. The van der Waals surface area contributed by atoms with E-state index in [0.29, 0.717) is 0 Å². The topological polar surface area (TPSA) is 166 Å². The van der Waals surface area contributed by atoms with E-state index in [-0.39, 0.29) is 24.3 Å². The first-order valence-corrected chi connectivity index (χ1v) is 8.36. The van der Waals surface area contributed by atoms with Crippen molar-refractivity contribution in [2.75, 3.05) is 0 Å². The van der Waals surface area contributed by atoms with E-state index in [1.165, 1.54) is 0 Å². The summed E-state index contributed by atoms with van der Waals surface area (Å²) in [5, 5.41) is 36.2. The lowest BCUT2D eigenvalue weighted by molar-refractivity contribution is -0.138. The average Bonchev–Trinajstić information content (AvgIpc) is 2.69. The Morgan fingerprint density at radius 3 is 0.912 bits per heavy atom. The molecule has 0 unspecified atom stereocenters. The van der Waals surface area contributed by atoms with E-state index in [9.17, 15) is 50.3 Å². The van der Waals surface area contributed by atoms with Crippen molar-refractivity contribution in [1.29, 1.82) is 0 Å². The number of halogens is 6. The van der Waals surface area contributed by atoms with Gasteiger partial charge < -0.3 is 20.4 Å². The van der Waals surface area contributed by atoms with E-state index in [4.69, 9.17) is 20.4 Å². The molecule has 9 nitrogen and oxygen atoms in total. The molecule has 0 aliphatic heterocycles. The lowest BCUT2D eigenvalue weighted by Crippen LogP contribution is -2.22. The van der Waals surface area contributed by atoms with Crippen LogP contribution >= 0.6 is 0 Å². The Labute approximate surface area is 182 Å². The molecule has 0 aromatic heterocycles. The zero-order valence-corrected chi connectivity index (χ0v) is 15.9. The Morgan fingerprint density at radius 2 is 0.706 bits per heavy atom. The molecule has 4 N–H and O–H groups in total. The van der Waals surface area contributed by atoms with Gasteiger partial charge in [0.25, 0.3) is 0 Å². The number of rotatable bonds is 6. The summed E-state index contributed by atoms with van der Waals surface area (Å²) >= 11 is 0. The third-order valence-corrected chi connectivity index (χ3v) is 4.34. The van der Waals surface area contributed by atoms with Gasteiger partial charge in [0.2, 0.25) is 0 Å². The summed E-state index contributed by atoms with van der Waals surface area (Å²) in [7, 11) is 0. The number of hydrogen-bond donors (Lipinski definition) is 4. The predicted molar refractivity (Wildman–Crippen MR) is 94.2 cm³/mol. The molecule has 0 amide bonds. The van der Waals surface area contributed by atoms with Crippen LogP contribution in [-0.4, -0.2) is 50.1 Å². The Morgan fingerprint density at radius 1 is 0.471 bits per heavy atom. The largest absolute Gasteiger partial charge is 0.478 e. The average molecular weight is 494 g/mol. The molecule has 0 atom stereocenters. The highest BCUT2D eigenvalue weighted by atomic mass is 19.4. The number of carbonyl (C=O) groups is 5. The molecule has 0 aliphatic rings. The van der Waals surface area contributed by atoms with E-state index in [2.05, 4.69) is 0 Å². The van der Waals surface area contributed by atoms with Crippen molar-refractivity contribution in [2.24, 2.45) is 0 Å². The smallest absolute Gasteiger partial charge is 0.417 e. The van der Waals surface area contributed by atoms with Crippen molar-refractivity contribution >= 4 is 29.7 Å². The van der Waals surface area contributed by atoms with Gasteiger partial charge in [0.05, 0.1) is 33.4 Å². The van der Waals surface area contributed by atoms with Crippen molar-refractivity contribution in [2.45, 2.75) is 12.4 Å². The number of hydrogen-bond acceptors (Lipinski definition) is 5. The van der Waals surface area contributed by atoms with Gasteiger partial charge in [0.15, 0.2) is 5.78 Å². The molecule has 0 saturated heterocycles. The van der Waals surface area contributed by atoms with Crippen molar-refractivity contribution in [1.82, 2.24) is 0 Å². The van der Waals surface area contributed by atoms with Gasteiger partial charge >= 0.3 is 36.2 Å². The van der Waals surface area contributed by atoms with Crippen LogP contribution in [-0.2, 0) is 12.4 Å². The first-order chi connectivity index (χ1) is 15.4. The highest BCUT2D eigenvalue weighted by Crippen LogP contribution is 2.39. The van der Waals surface area contributed by atoms with Gasteiger partial charge in [-0.15, -0.1) is 0 Å². The molecule has 0 saturated carbocycles. The van der Waals surface area contributed by atoms with E-state index in [1.807, 2.05) is 0 Å². The molecule has 0 heterocycles. The number of carboxylic acid groups (broad SMARTS) is 4. The van der Waals surface area contributed by atoms with Crippen molar-refractivity contribution < 1.29 is 70.7 Å². The van der Waals surface area contributed by atoms with Crippen molar-refractivity contribution in [3.8, 4) is 0 Å². The molecule has 34 heavy (non-hydrogen) atoms. The summed E-state index contributed by atoms with van der Waals surface area (Å²) in [6.45, 7) is 0. The lowest BCUT2D eigenvalue weighted by atomic mass is 9.88. The van der Waals surface area contributed by atoms with Crippen LogP contribution in [0.2, 0.25) is 0 Å². The van der Waals surface area contributed by atoms with Crippen LogP contribution in [0.4, 0.5) is 26.3 Å². The number of ketones is 1. The molecule has 2 aromatic rings. The molecule has 180 valence electrons. The first kappa shape index (κ1) is 25.8. The van der Waals surface area contributed by atoms with Crippen LogP contribution < -0.4 is 0 Å². The Kier molecular flexibility index (Phi) is 6.45. The molecule has 0 bridgehead atoms. The number of carbonyl (C=O) groups excluding carboxylic acids is 1. The first-order valence-electron chi connectivity index (χ1n) is 8.36. The number of aromatic carboxylic acids is 4. The summed E-state index contributed by atoms with van der Waals surface area (Å²) in [4.78, 5) is 57.8. The number of alkyl halides is 6. The second-order valence-electron chi connectivity index (χ2n) is 6.43. The monoisotopic (exact) mass is 494 g/mol. The van der Waals surface area contributed by atoms with Gasteiger partial charge in [-0.3, -0.25) is 4.79 Å². The van der Waals surface area contributed by atoms with Gasteiger partial charge in [0, 0.05) is 11.1 Å². The van der Waals surface area contributed by atoms with Crippen LogP contribution in [0.1, 0.15) is 68.5 Å². The van der Waals surface area contributed by atoms with Crippen LogP contribution in [0.5, 0.6) is 0 Å². The molecule has 0 fully saturated rings. The fourth-order valence-corrected chi connectivity index (χ4v) is 2.90. The highest BCUT2D eigenvalue weighted by Gasteiger charge is 2.42. The third kappa shape index (κ3) is 4.82. The number of benzene rings is 2. The van der Waals surface area contributed by atoms with Crippen LogP contribution in [0.15, 0.2) is 24.3 Å². The maximum atomic E-state index is 13.5. The fraction of sp³-hybridized carbons (Fsp3) is 0.105. The third-order valence-electron chi connectivity index (χ3n) is 4.34. The molecular weight excluding hydrogens is 486 g/mol. The molecule has 15 heteroatoms. The van der Waals surface area contributed by atoms with Crippen LogP contribution in [0, 0.1) is 0 Å². The van der Waals surface area contributed by atoms with E-state index in [1.54, 1.807) is 0 Å². The predicted octanol–water partition coefficient (Wildman–Crippen LogP) is 3.75. The van der Waals surface area contributed by atoms with Gasteiger partial charge in [-0.25, -0.2) is 19.2 Å². The zero-order chi connectivity index (χ0) is 26.3. The Bertz CT molecular complexity index is 1160. The molecule has 0 aliphatic carbocycles. The quantitative estimate of drug-likeness (QED) is 0.346. The van der Waals surface area contributed by atoms with Gasteiger partial charge in [0.1, 0.15) is 0 Å². The summed E-state index contributed by atoms with van der Waals surface area (Å²) in [6.07, 6.45) is -11.1. The second kappa shape index (κ2) is 8.49. The Balaban J connectivity index is 3.03.